The summed E-state index contributed by atoms with van der Waals surface area (Å²) in [6.45, 7) is 0.192. The number of aromatic amines is 1. The highest BCUT2D eigenvalue weighted by Crippen LogP contribution is 1.87. The van der Waals surface area contributed by atoms with Crippen molar-refractivity contribution in [2.75, 3.05) is 19.8 Å². The topological polar surface area (TPSA) is 127 Å². The van der Waals surface area contributed by atoms with Gasteiger partial charge in [-0.2, -0.15) is 5.10 Å². The smallest absolute Gasteiger partial charge is 0.271 e. The maximum Gasteiger partial charge on any atom is 0.271 e. The third-order valence-corrected chi connectivity index (χ3v) is 1.69. The molecule has 92 valence electrons. The van der Waals surface area contributed by atoms with Gasteiger partial charge in [-0.15, -0.1) is 0 Å². The van der Waals surface area contributed by atoms with Gasteiger partial charge in [0.2, 0.25) is 5.91 Å². The number of nitrogens with one attached hydrogen (secondary N) is 2. The zero-order chi connectivity index (χ0) is 12.7. The highest BCUT2D eigenvalue weighted by molar-refractivity contribution is 5.91. The second-order valence-corrected chi connectivity index (χ2v) is 3.08. The molecule has 0 aliphatic carbocycles. The number of aromatic nitrogens is 2. The standard InChI is InChI=1S/C9H12N4O4/c10-7(14)5-17-4-3-11-9(16)6-1-2-8(15)13-12-6/h1-2H,3-5H2,(H2,10,14)(H,11,16)(H,13,15). The van der Waals surface area contributed by atoms with E-state index in [0.717, 1.165) is 0 Å². The highest BCUT2D eigenvalue weighted by Gasteiger charge is 2.05. The summed E-state index contributed by atoms with van der Waals surface area (Å²) in [7, 11) is 0. The van der Waals surface area contributed by atoms with Crippen LogP contribution in [0.1, 0.15) is 10.5 Å². The Morgan fingerprint density at radius 1 is 1.47 bits per heavy atom. The minimum atomic E-state index is -0.571. The van der Waals surface area contributed by atoms with Gasteiger partial charge in [0.15, 0.2) is 0 Å². The van der Waals surface area contributed by atoms with Gasteiger partial charge in [0.1, 0.15) is 12.3 Å². The lowest BCUT2D eigenvalue weighted by Gasteiger charge is -2.04. The lowest BCUT2D eigenvalue weighted by molar-refractivity contribution is -0.122. The summed E-state index contributed by atoms with van der Waals surface area (Å²) in [5.41, 5.74) is 4.56. The second kappa shape index (κ2) is 6.38. The SMILES string of the molecule is NC(=O)COCCNC(=O)c1ccc(=O)[nH]n1. The van der Waals surface area contributed by atoms with Gasteiger partial charge in [-0.3, -0.25) is 14.4 Å². The van der Waals surface area contributed by atoms with Crippen LogP contribution in [0.25, 0.3) is 0 Å². The highest BCUT2D eigenvalue weighted by atomic mass is 16.5. The number of carbonyl (C=O) groups is 2. The predicted octanol–water partition coefficient (Wildman–Crippen LogP) is -2.00. The molecule has 0 saturated carbocycles. The van der Waals surface area contributed by atoms with Gasteiger partial charge in [-0.05, 0) is 6.07 Å². The number of nitrogens with zero attached hydrogens (tertiary/aromatic N) is 1. The van der Waals surface area contributed by atoms with Crippen LogP contribution >= 0.6 is 0 Å². The van der Waals surface area contributed by atoms with Gasteiger partial charge in [-0.1, -0.05) is 0 Å². The lowest BCUT2D eigenvalue weighted by Crippen LogP contribution is -2.30. The Morgan fingerprint density at radius 3 is 2.82 bits per heavy atom. The summed E-state index contributed by atoms with van der Waals surface area (Å²) < 4.78 is 4.83. The van der Waals surface area contributed by atoms with Gasteiger partial charge < -0.3 is 15.8 Å². The number of ether oxygens (including phenoxy) is 1. The Hall–Kier alpha value is -2.22. The maximum atomic E-state index is 11.4. The molecule has 8 heteroatoms. The van der Waals surface area contributed by atoms with Crippen LogP contribution in [0.2, 0.25) is 0 Å². The summed E-state index contributed by atoms with van der Waals surface area (Å²) in [6.07, 6.45) is 0. The fraction of sp³-hybridized carbons (Fsp3) is 0.333. The minimum Gasteiger partial charge on any atom is -0.370 e. The van der Waals surface area contributed by atoms with Gasteiger partial charge in [0.05, 0.1) is 6.61 Å². The summed E-state index contributed by atoms with van der Waals surface area (Å²) in [5.74, 6) is -1.01. The average Bonchev–Trinajstić information content (AvgIpc) is 2.29. The van der Waals surface area contributed by atoms with Gasteiger partial charge in [-0.25, -0.2) is 5.10 Å². The van der Waals surface area contributed by atoms with Crippen LogP contribution < -0.4 is 16.6 Å². The normalized spacial score (nSPS) is 9.88. The molecular formula is C9H12N4O4. The van der Waals surface area contributed by atoms with Crippen LogP contribution in [0.3, 0.4) is 0 Å². The molecule has 0 radical (unpaired) electrons. The van der Waals surface area contributed by atoms with Crippen LogP contribution in [-0.4, -0.2) is 41.8 Å². The molecule has 0 saturated heterocycles. The first kappa shape index (κ1) is 12.8. The van der Waals surface area contributed by atoms with Crippen molar-refractivity contribution in [3.8, 4) is 0 Å². The number of carbonyl (C=O) groups excluding carboxylic acids is 2. The molecule has 1 heterocycles. The van der Waals surface area contributed by atoms with E-state index in [2.05, 4.69) is 15.5 Å². The first-order chi connectivity index (χ1) is 8.09. The van der Waals surface area contributed by atoms with E-state index in [1.165, 1.54) is 12.1 Å². The molecular weight excluding hydrogens is 228 g/mol. The molecule has 1 aromatic rings. The van der Waals surface area contributed by atoms with E-state index < -0.39 is 11.8 Å². The van der Waals surface area contributed by atoms with Crippen LogP contribution in [-0.2, 0) is 9.53 Å². The third kappa shape index (κ3) is 4.89. The maximum absolute atomic E-state index is 11.4. The number of rotatable bonds is 6. The summed E-state index contributed by atoms with van der Waals surface area (Å²) >= 11 is 0. The number of hydrogen-bond donors (Lipinski definition) is 3. The van der Waals surface area contributed by atoms with Crippen molar-refractivity contribution in [1.29, 1.82) is 0 Å². The number of amides is 2. The molecule has 17 heavy (non-hydrogen) atoms. The molecule has 0 aliphatic rings. The van der Waals surface area contributed by atoms with E-state index in [0.29, 0.717) is 0 Å². The molecule has 1 rings (SSSR count). The monoisotopic (exact) mass is 240 g/mol. The Kier molecular flexibility index (Phi) is 4.82. The number of primary amides is 1. The van der Waals surface area contributed by atoms with E-state index in [-0.39, 0.29) is 31.0 Å². The van der Waals surface area contributed by atoms with Crippen LogP contribution in [0.15, 0.2) is 16.9 Å². The Bertz CT molecular complexity index is 436. The fourth-order valence-electron chi connectivity index (χ4n) is 0.971. The zero-order valence-corrected chi connectivity index (χ0v) is 8.93. The summed E-state index contributed by atoms with van der Waals surface area (Å²) in [4.78, 5) is 32.4. The molecule has 0 unspecified atom stereocenters. The molecule has 0 atom stereocenters. The Balaban J connectivity index is 2.28. The van der Waals surface area contributed by atoms with Gasteiger partial charge in [0, 0.05) is 12.6 Å². The number of hydrogen-bond acceptors (Lipinski definition) is 5. The summed E-state index contributed by atoms with van der Waals surface area (Å²) in [6, 6.07) is 2.50. The van der Waals surface area contributed by atoms with Crippen LogP contribution in [0, 0.1) is 0 Å². The molecule has 8 nitrogen and oxygen atoms in total. The van der Waals surface area contributed by atoms with Crippen molar-refractivity contribution in [2.24, 2.45) is 5.73 Å². The predicted molar refractivity (Wildman–Crippen MR) is 57.2 cm³/mol. The second-order valence-electron chi connectivity index (χ2n) is 3.08. The molecule has 2 amide bonds. The van der Waals surface area contributed by atoms with Crippen LogP contribution in [0.4, 0.5) is 0 Å². The first-order valence-electron chi connectivity index (χ1n) is 4.79. The minimum absolute atomic E-state index is 0.0968. The number of H-pyrrole nitrogens is 1. The Morgan fingerprint density at radius 2 is 2.24 bits per heavy atom. The van der Waals surface area contributed by atoms with Crippen molar-refractivity contribution in [1.82, 2.24) is 15.5 Å². The largest absolute Gasteiger partial charge is 0.370 e. The van der Waals surface area contributed by atoms with E-state index >= 15 is 0 Å². The molecule has 0 bridgehead atoms. The van der Waals surface area contributed by atoms with Crippen LogP contribution in [0.5, 0.6) is 0 Å². The van der Waals surface area contributed by atoms with E-state index in [4.69, 9.17) is 10.5 Å². The van der Waals surface area contributed by atoms with E-state index in [1.807, 2.05) is 0 Å². The zero-order valence-electron chi connectivity index (χ0n) is 8.93. The Labute approximate surface area is 96.2 Å². The van der Waals surface area contributed by atoms with E-state index in [9.17, 15) is 14.4 Å². The molecule has 0 aliphatic heterocycles. The van der Waals surface area contributed by atoms with Gasteiger partial charge in [0.25, 0.3) is 11.5 Å². The van der Waals surface area contributed by atoms with Crippen molar-refractivity contribution in [2.45, 2.75) is 0 Å². The van der Waals surface area contributed by atoms with Crippen molar-refractivity contribution in [3.63, 3.8) is 0 Å². The molecule has 1 aromatic heterocycles. The lowest BCUT2D eigenvalue weighted by atomic mass is 10.3. The average molecular weight is 240 g/mol. The molecule has 0 spiro atoms. The van der Waals surface area contributed by atoms with Crippen molar-refractivity contribution >= 4 is 11.8 Å². The van der Waals surface area contributed by atoms with E-state index in [1.54, 1.807) is 0 Å². The third-order valence-electron chi connectivity index (χ3n) is 1.69. The first-order valence-corrected chi connectivity index (χ1v) is 4.79. The molecule has 0 fully saturated rings. The quantitative estimate of drug-likeness (QED) is 0.495. The summed E-state index contributed by atoms with van der Waals surface area (Å²) in [5, 5.41) is 8.17. The van der Waals surface area contributed by atoms with Crippen molar-refractivity contribution < 1.29 is 14.3 Å². The number of nitrogens with two attached hydrogens (primary N) is 1. The molecule has 4 N–H and O–H groups in total. The molecule has 0 aromatic carbocycles. The van der Waals surface area contributed by atoms with Gasteiger partial charge >= 0.3 is 0 Å². The van der Waals surface area contributed by atoms with Crippen molar-refractivity contribution in [3.05, 3.63) is 28.2 Å². The fourth-order valence-corrected chi connectivity index (χ4v) is 0.971.